The van der Waals surface area contributed by atoms with Crippen molar-refractivity contribution in [1.29, 1.82) is 0 Å². The van der Waals surface area contributed by atoms with Gasteiger partial charge in [-0.1, -0.05) is 12.1 Å². The van der Waals surface area contributed by atoms with E-state index in [1.165, 1.54) is 6.07 Å². The van der Waals surface area contributed by atoms with Gasteiger partial charge in [-0.25, -0.2) is 4.39 Å². The van der Waals surface area contributed by atoms with Crippen LogP contribution < -0.4 is 10.5 Å². The van der Waals surface area contributed by atoms with Crippen LogP contribution in [0.15, 0.2) is 42.7 Å². The minimum Gasteiger partial charge on any atom is -0.490 e. The Labute approximate surface area is 118 Å². The summed E-state index contributed by atoms with van der Waals surface area (Å²) < 4.78 is 19.3. The van der Waals surface area contributed by atoms with Crippen LogP contribution in [0.5, 0.6) is 5.75 Å². The summed E-state index contributed by atoms with van der Waals surface area (Å²) in [4.78, 5) is 4.03. The lowest BCUT2D eigenvalue weighted by Gasteiger charge is -2.10. The first-order chi connectivity index (χ1) is 9.65. The fraction of sp³-hybridized carbons (Fsp3) is 0.312. The average Bonchev–Trinajstić information content (AvgIpc) is 2.42. The summed E-state index contributed by atoms with van der Waals surface area (Å²) in [5, 5.41) is 0. The summed E-state index contributed by atoms with van der Waals surface area (Å²) in [5.74, 6) is -0.0587. The number of aromatic nitrogens is 1. The Balaban J connectivity index is 1.90. The van der Waals surface area contributed by atoms with E-state index < -0.39 is 0 Å². The van der Waals surface area contributed by atoms with Gasteiger partial charge in [0.25, 0.3) is 0 Å². The molecule has 0 radical (unpaired) electrons. The van der Waals surface area contributed by atoms with Crippen molar-refractivity contribution in [2.24, 2.45) is 5.73 Å². The van der Waals surface area contributed by atoms with E-state index >= 15 is 0 Å². The molecular weight excluding hydrogens is 255 g/mol. The van der Waals surface area contributed by atoms with Crippen LogP contribution in [0, 0.1) is 5.82 Å². The molecule has 1 atom stereocenters. The van der Waals surface area contributed by atoms with Gasteiger partial charge in [-0.2, -0.15) is 0 Å². The summed E-state index contributed by atoms with van der Waals surface area (Å²) in [7, 11) is 0. The van der Waals surface area contributed by atoms with Crippen LogP contribution in [0.4, 0.5) is 4.39 Å². The largest absolute Gasteiger partial charge is 0.490 e. The highest BCUT2D eigenvalue weighted by molar-refractivity contribution is 5.29. The van der Waals surface area contributed by atoms with Crippen molar-refractivity contribution in [2.75, 3.05) is 6.61 Å². The zero-order valence-corrected chi connectivity index (χ0v) is 11.6. The van der Waals surface area contributed by atoms with Gasteiger partial charge >= 0.3 is 0 Å². The van der Waals surface area contributed by atoms with Crippen LogP contribution in [0.1, 0.15) is 18.1 Å². The molecule has 0 bridgehead atoms. The zero-order valence-electron chi connectivity index (χ0n) is 11.6. The van der Waals surface area contributed by atoms with Crippen LogP contribution in [0.2, 0.25) is 0 Å². The number of hydrogen-bond donors (Lipinski definition) is 1. The zero-order chi connectivity index (χ0) is 14.4. The second-order valence-corrected chi connectivity index (χ2v) is 4.91. The smallest absolute Gasteiger partial charge is 0.165 e. The molecule has 0 saturated carbocycles. The van der Waals surface area contributed by atoms with Crippen LogP contribution in [0.3, 0.4) is 0 Å². The maximum absolute atomic E-state index is 13.8. The molecule has 0 fully saturated rings. The molecule has 20 heavy (non-hydrogen) atoms. The Kier molecular flexibility index (Phi) is 5.07. The van der Waals surface area contributed by atoms with E-state index in [2.05, 4.69) is 4.98 Å². The molecule has 0 aliphatic heterocycles. The molecule has 1 unspecified atom stereocenters. The van der Waals surface area contributed by atoms with Gasteiger partial charge in [-0.3, -0.25) is 4.98 Å². The standard InChI is InChI=1S/C16H19FN2O/c1-12(18)9-14-4-5-16(15(17)10-14)20-8-6-13-3-2-7-19-11-13/h2-5,7,10-12H,6,8-9,18H2,1H3. The van der Waals surface area contributed by atoms with Crippen molar-refractivity contribution in [3.05, 3.63) is 59.7 Å². The SMILES string of the molecule is CC(N)Cc1ccc(OCCc2cccnc2)c(F)c1. The molecule has 1 aromatic carbocycles. The van der Waals surface area contributed by atoms with Gasteiger partial charge < -0.3 is 10.5 Å². The summed E-state index contributed by atoms with van der Waals surface area (Å²) in [6.07, 6.45) is 4.87. The Bertz CT molecular complexity index is 543. The Hall–Kier alpha value is -1.94. The Morgan fingerprint density at radius 2 is 2.15 bits per heavy atom. The van der Waals surface area contributed by atoms with Gasteiger partial charge in [0.05, 0.1) is 6.61 Å². The van der Waals surface area contributed by atoms with Crippen molar-refractivity contribution in [1.82, 2.24) is 4.98 Å². The van der Waals surface area contributed by atoms with Crippen molar-refractivity contribution in [3.8, 4) is 5.75 Å². The number of ether oxygens (including phenoxy) is 1. The highest BCUT2D eigenvalue weighted by atomic mass is 19.1. The predicted molar refractivity (Wildman–Crippen MR) is 77.2 cm³/mol. The Morgan fingerprint density at radius 3 is 2.80 bits per heavy atom. The Morgan fingerprint density at radius 1 is 1.30 bits per heavy atom. The number of nitrogens with two attached hydrogens (primary N) is 1. The molecule has 106 valence electrons. The lowest BCUT2D eigenvalue weighted by Crippen LogP contribution is -2.17. The van der Waals surface area contributed by atoms with E-state index in [0.717, 1.165) is 11.1 Å². The van der Waals surface area contributed by atoms with Gasteiger partial charge in [0.1, 0.15) is 0 Å². The van der Waals surface area contributed by atoms with E-state index in [0.29, 0.717) is 19.4 Å². The second kappa shape index (κ2) is 7.01. The molecule has 2 rings (SSSR count). The fourth-order valence-corrected chi connectivity index (χ4v) is 1.99. The minimum atomic E-state index is -0.339. The van der Waals surface area contributed by atoms with E-state index in [1.807, 2.05) is 25.1 Å². The molecule has 3 nitrogen and oxygen atoms in total. The summed E-state index contributed by atoms with van der Waals surface area (Å²) in [5.41, 5.74) is 7.65. The monoisotopic (exact) mass is 274 g/mol. The highest BCUT2D eigenvalue weighted by Gasteiger charge is 2.06. The predicted octanol–water partition coefficient (Wildman–Crippen LogP) is 2.73. The molecule has 2 aromatic rings. The van der Waals surface area contributed by atoms with Crippen LogP contribution in [-0.2, 0) is 12.8 Å². The molecular formula is C16H19FN2O. The first-order valence-electron chi connectivity index (χ1n) is 6.71. The van der Waals surface area contributed by atoms with Gasteiger partial charge in [0.15, 0.2) is 11.6 Å². The van der Waals surface area contributed by atoms with E-state index in [-0.39, 0.29) is 17.6 Å². The number of pyridine rings is 1. The highest BCUT2D eigenvalue weighted by Crippen LogP contribution is 2.19. The topological polar surface area (TPSA) is 48.1 Å². The number of nitrogens with zero attached hydrogens (tertiary/aromatic N) is 1. The first-order valence-corrected chi connectivity index (χ1v) is 6.71. The van der Waals surface area contributed by atoms with E-state index in [1.54, 1.807) is 18.5 Å². The van der Waals surface area contributed by atoms with Gasteiger partial charge in [0.2, 0.25) is 0 Å². The van der Waals surface area contributed by atoms with Crippen molar-refractivity contribution >= 4 is 0 Å². The number of halogens is 1. The molecule has 0 aliphatic rings. The number of benzene rings is 1. The molecule has 0 spiro atoms. The molecule has 1 aromatic heterocycles. The molecule has 0 amide bonds. The van der Waals surface area contributed by atoms with Gasteiger partial charge in [-0.15, -0.1) is 0 Å². The maximum Gasteiger partial charge on any atom is 0.165 e. The fourth-order valence-electron chi connectivity index (χ4n) is 1.99. The first kappa shape index (κ1) is 14.5. The quantitative estimate of drug-likeness (QED) is 0.881. The van der Waals surface area contributed by atoms with Crippen molar-refractivity contribution < 1.29 is 9.13 Å². The third-order valence-electron chi connectivity index (χ3n) is 2.93. The van der Waals surface area contributed by atoms with Crippen molar-refractivity contribution in [3.63, 3.8) is 0 Å². The van der Waals surface area contributed by atoms with E-state index in [4.69, 9.17) is 10.5 Å². The van der Waals surface area contributed by atoms with Crippen LogP contribution in [0.25, 0.3) is 0 Å². The molecule has 0 aliphatic carbocycles. The third-order valence-corrected chi connectivity index (χ3v) is 2.93. The van der Waals surface area contributed by atoms with Crippen LogP contribution >= 0.6 is 0 Å². The lowest BCUT2D eigenvalue weighted by atomic mass is 10.1. The van der Waals surface area contributed by atoms with E-state index in [9.17, 15) is 4.39 Å². The van der Waals surface area contributed by atoms with Crippen LogP contribution in [-0.4, -0.2) is 17.6 Å². The summed E-state index contributed by atoms with van der Waals surface area (Å²) in [6.45, 7) is 2.32. The minimum absolute atomic E-state index is 0.0201. The van der Waals surface area contributed by atoms with Gasteiger partial charge in [-0.05, 0) is 42.7 Å². The van der Waals surface area contributed by atoms with Gasteiger partial charge in [0, 0.05) is 24.9 Å². The third kappa shape index (κ3) is 4.31. The maximum atomic E-state index is 13.8. The number of rotatable bonds is 6. The summed E-state index contributed by atoms with van der Waals surface area (Å²) >= 11 is 0. The lowest BCUT2D eigenvalue weighted by molar-refractivity contribution is 0.305. The van der Waals surface area contributed by atoms with Crippen molar-refractivity contribution in [2.45, 2.75) is 25.8 Å². The molecule has 0 saturated heterocycles. The second-order valence-electron chi connectivity index (χ2n) is 4.91. The normalized spacial score (nSPS) is 12.2. The molecule has 4 heteroatoms. The molecule has 2 N–H and O–H groups in total. The average molecular weight is 274 g/mol. The molecule has 1 heterocycles. The number of hydrogen-bond acceptors (Lipinski definition) is 3. The summed E-state index contributed by atoms with van der Waals surface area (Å²) in [6, 6.07) is 8.87.